The van der Waals surface area contributed by atoms with Crippen LogP contribution in [0.4, 0.5) is 5.82 Å². The average molecular weight is 564 g/mol. The molecule has 2 saturated heterocycles. The third-order valence-electron chi connectivity index (χ3n) is 6.61. The van der Waals surface area contributed by atoms with E-state index in [2.05, 4.69) is 25.8 Å². The fourth-order valence-corrected chi connectivity index (χ4v) is 6.70. The van der Waals surface area contributed by atoms with Gasteiger partial charge in [0.2, 0.25) is 0 Å². The first-order chi connectivity index (χ1) is 16.0. The number of fused-ring (bicyclic) bond motifs is 3. The highest BCUT2D eigenvalue weighted by atomic mass is 79.9. The van der Waals surface area contributed by atoms with E-state index in [-0.39, 0.29) is 0 Å². The molecule has 168 valence electrons. The smallest absolute Gasteiger partial charge is 0.161 e. The Kier molecular flexibility index (Phi) is 5.52. The Morgan fingerprint density at radius 3 is 2.24 bits per heavy atom. The van der Waals surface area contributed by atoms with Crippen molar-refractivity contribution in [2.45, 2.75) is 42.6 Å². The molecule has 0 spiro atoms. The van der Waals surface area contributed by atoms with Crippen molar-refractivity contribution in [1.29, 1.82) is 0 Å². The summed E-state index contributed by atoms with van der Waals surface area (Å²) in [6.45, 7) is 0. The molecular weight excluding hydrogens is 545 g/mol. The van der Waals surface area contributed by atoms with Gasteiger partial charge in [0.15, 0.2) is 11.3 Å². The van der Waals surface area contributed by atoms with Gasteiger partial charge in [0.25, 0.3) is 0 Å². The summed E-state index contributed by atoms with van der Waals surface area (Å²) in [5.41, 5.74) is 4.08. The molecule has 4 aromatic rings. The molecular formula is C24H19BrCl3N5. The Bertz CT molecular complexity index is 1340. The Hall–Kier alpha value is -1.86. The highest BCUT2D eigenvalue weighted by Crippen LogP contribution is 2.44. The van der Waals surface area contributed by atoms with Gasteiger partial charge in [-0.3, -0.25) is 0 Å². The van der Waals surface area contributed by atoms with E-state index in [1.54, 1.807) is 12.4 Å². The first-order valence-electron chi connectivity index (χ1n) is 10.9. The van der Waals surface area contributed by atoms with Crippen LogP contribution >= 0.6 is 50.7 Å². The summed E-state index contributed by atoms with van der Waals surface area (Å²) < 4.78 is 1.85. The Morgan fingerprint density at radius 2 is 1.55 bits per heavy atom. The van der Waals surface area contributed by atoms with Gasteiger partial charge in [-0.1, -0.05) is 62.9 Å². The van der Waals surface area contributed by atoms with Crippen LogP contribution in [0, 0.1) is 0 Å². The molecule has 0 aliphatic carbocycles. The summed E-state index contributed by atoms with van der Waals surface area (Å²) in [7, 11) is 0. The van der Waals surface area contributed by atoms with Crippen LogP contribution in [-0.2, 0) is 0 Å². The number of anilines is 1. The largest absolute Gasteiger partial charge is 0.349 e. The molecule has 6 rings (SSSR count). The molecule has 2 aliphatic heterocycles. The van der Waals surface area contributed by atoms with Crippen LogP contribution in [0.25, 0.3) is 28.0 Å². The van der Waals surface area contributed by atoms with Gasteiger partial charge in [0.1, 0.15) is 17.5 Å². The van der Waals surface area contributed by atoms with Gasteiger partial charge in [0.05, 0.1) is 10.7 Å². The minimum Gasteiger partial charge on any atom is -0.349 e. The van der Waals surface area contributed by atoms with Gasteiger partial charge in [0, 0.05) is 32.5 Å². The van der Waals surface area contributed by atoms with Crippen molar-refractivity contribution in [3.05, 3.63) is 63.9 Å². The lowest BCUT2D eigenvalue weighted by molar-refractivity contribution is 0.480. The Labute approximate surface area is 214 Å². The highest BCUT2D eigenvalue weighted by Gasteiger charge is 2.42. The SMILES string of the molecule is Clc1ccc(-c2c3ncnc(N4C5CCC4CC(Br)C5)c3nn2-c2ccc(Cl)cc2Cl)cc1. The van der Waals surface area contributed by atoms with Crippen LogP contribution in [0.5, 0.6) is 0 Å². The zero-order chi connectivity index (χ0) is 22.7. The van der Waals surface area contributed by atoms with Gasteiger partial charge in [-0.25, -0.2) is 14.6 Å². The molecule has 2 aliphatic rings. The molecule has 2 bridgehead atoms. The Balaban J connectivity index is 1.60. The second-order valence-corrected chi connectivity index (χ2v) is 11.2. The van der Waals surface area contributed by atoms with Crippen LogP contribution in [0.2, 0.25) is 15.1 Å². The lowest BCUT2D eigenvalue weighted by Gasteiger charge is -2.38. The molecule has 0 radical (unpaired) electrons. The van der Waals surface area contributed by atoms with Crippen molar-refractivity contribution in [2.75, 3.05) is 4.90 Å². The number of benzene rings is 2. The van der Waals surface area contributed by atoms with Crippen molar-refractivity contribution in [2.24, 2.45) is 0 Å². The quantitative estimate of drug-likeness (QED) is 0.245. The summed E-state index contributed by atoms with van der Waals surface area (Å²) in [5.74, 6) is 0.894. The number of alkyl halides is 1. The molecule has 2 unspecified atom stereocenters. The lowest BCUT2D eigenvalue weighted by Crippen LogP contribution is -2.44. The maximum Gasteiger partial charge on any atom is 0.161 e. The van der Waals surface area contributed by atoms with E-state index in [1.165, 1.54) is 12.8 Å². The van der Waals surface area contributed by atoms with E-state index in [9.17, 15) is 0 Å². The van der Waals surface area contributed by atoms with Gasteiger partial charge >= 0.3 is 0 Å². The van der Waals surface area contributed by atoms with Crippen molar-refractivity contribution >= 4 is 67.6 Å². The number of piperidine rings is 1. The third-order valence-corrected chi connectivity index (χ3v) is 8.15. The topological polar surface area (TPSA) is 46.8 Å². The van der Waals surface area contributed by atoms with E-state index in [4.69, 9.17) is 44.9 Å². The molecule has 0 N–H and O–H groups in total. The zero-order valence-electron chi connectivity index (χ0n) is 17.4. The third kappa shape index (κ3) is 3.72. The van der Waals surface area contributed by atoms with Crippen LogP contribution in [0.3, 0.4) is 0 Å². The number of nitrogens with zero attached hydrogens (tertiary/aromatic N) is 5. The molecule has 2 aromatic heterocycles. The standard InChI is InChI=1S/C24H19BrCl3N5/c25-14-9-17-6-7-18(10-14)32(17)24-22-21(29-12-30-24)23(13-1-3-15(26)4-2-13)33(31-22)20-8-5-16(27)11-19(20)28/h1-5,8,11-12,14,17-18H,6-7,9-10H2. The second-order valence-electron chi connectivity index (χ2n) is 8.62. The van der Waals surface area contributed by atoms with Crippen molar-refractivity contribution in [1.82, 2.24) is 19.7 Å². The molecule has 9 heteroatoms. The van der Waals surface area contributed by atoms with Crippen molar-refractivity contribution in [3.63, 3.8) is 0 Å². The molecule has 33 heavy (non-hydrogen) atoms. The minimum absolute atomic E-state index is 0.453. The van der Waals surface area contributed by atoms with Crippen molar-refractivity contribution in [3.8, 4) is 16.9 Å². The summed E-state index contributed by atoms with van der Waals surface area (Å²) in [6.07, 6.45) is 6.20. The van der Waals surface area contributed by atoms with Gasteiger partial charge < -0.3 is 4.90 Å². The van der Waals surface area contributed by atoms with E-state index in [1.807, 2.05) is 41.1 Å². The predicted molar refractivity (Wildman–Crippen MR) is 138 cm³/mol. The Morgan fingerprint density at radius 1 is 0.848 bits per heavy atom. The molecule has 0 saturated carbocycles. The molecule has 2 aromatic carbocycles. The van der Waals surface area contributed by atoms with Crippen molar-refractivity contribution < 1.29 is 0 Å². The summed E-state index contributed by atoms with van der Waals surface area (Å²) in [6, 6.07) is 14.0. The molecule has 2 fully saturated rings. The normalized spacial score (nSPS) is 22.3. The van der Waals surface area contributed by atoms with Crippen LogP contribution in [-0.4, -0.2) is 36.7 Å². The molecule has 2 atom stereocenters. The minimum atomic E-state index is 0.453. The first-order valence-corrected chi connectivity index (χ1v) is 12.9. The summed E-state index contributed by atoms with van der Waals surface area (Å²) >= 11 is 22.8. The average Bonchev–Trinajstić information content (AvgIpc) is 3.29. The number of hydrogen-bond acceptors (Lipinski definition) is 4. The maximum absolute atomic E-state index is 6.62. The predicted octanol–water partition coefficient (Wildman–Crippen LogP) is 7.34. The fourth-order valence-electron chi connectivity index (χ4n) is 5.22. The lowest BCUT2D eigenvalue weighted by atomic mass is 10.0. The summed E-state index contributed by atoms with van der Waals surface area (Å²) in [5, 5.41) is 6.80. The molecule has 5 nitrogen and oxygen atoms in total. The second kappa shape index (κ2) is 8.42. The maximum atomic E-state index is 6.62. The fraction of sp³-hybridized carbons (Fsp3) is 0.292. The van der Waals surface area contributed by atoms with Gasteiger partial charge in [-0.05, 0) is 56.0 Å². The van der Waals surface area contributed by atoms with Gasteiger partial charge in [-0.15, -0.1) is 0 Å². The van der Waals surface area contributed by atoms with Crippen LogP contribution in [0.15, 0.2) is 48.8 Å². The van der Waals surface area contributed by atoms with E-state index in [0.29, 0.717) is 32.0 Å². The molecule has 4 heterocycles. The monoisotopic (exact) mass is 561 g/mol. The van der Waals surface area contributed by atoms with Crippen LogP contribution in [0.1, 0.15) is 25.7 Å². The van der Waals surface area contributed by atoms with E-state index >= 15 is 0 Å². The van der Waals surface area contributed by atoms with Crippen LogP contribution < -0.4 is 4.90 Å². The number of rotatable bonds is 3. The number of halogens is 4. The number of aromatic nitrogens is 4. The van der Waals surface area contributed by atoms with E-state index in [0.717, 1.165) is 46.6 Å². The number of hydrogen-bond donors (Lipinski definition) is 0. The summed E-state index contributed by atoms with van der Waals surface area (Å²) in [4.78, 5) is 12.4. The zero-order valence-corrected chi connectivity index (χ0v) is 21.3. The first kappa shape index (κ1) is 21.7. The highest BCUT2D eigenvalue weighted by molar-refractivity contribution is 9.09. The van der Waals surface area contributed by atoms with E-state index < -0.39 is 0 Å². The van der Waals surface area contributed by atoms with Gasteiger partial charge in [-0.2, -0.15) is 5.10 Å². The molecule has 0 amide bonds.